The molecular weight excluding hydrogens is 186 g/mol. The van der Waals surface area contributed by atoms with Crippen LogP contribution in [0.2, 0.25) is 0 Å². The maximum absolute atomic E-state index is 5.47. The molecule has 0 amide bonds. The molecule has 0 spiro atoms. The smallest absolute Gasteiger partial charge is 0.0594 e. The molecule has 88 valence electrons. The molecule has 2 nitrogen and oxygen atoms in total. The Kier molecular flexibility index (Phi) is 3.68. The summed E-state index contributed by atoms with van der Waals surface area (Å²) in [4.78, 5) is 2.72. The van der Waals surface area contributed by atoms with Gasteiger partial charge >= 0.3 is 0 Å². The first-order chi connectivity index (χ1) is 7.26. The van der Waals surface area contributed by atoms with Gasteiger partial charge in [-0.15, -0.1) is 0 Å². The van der Waals surface area contributed by atoms with E-state index < -0.39 is 0 Å². The summed E-state index contributed by atoms with van der Waals surface area (Å²) >= 11 is 0. The molecule has 1 heterocycles. The summed E-state index contributed by atoms with van der Waals surface area (Å²) in [5.74, 6) is 0.788. The molecule has 0 aromatic rings. The molecule has 0 aromatic carbocycles. The molecule has 0 atom stereocenters. The highest BCUT2D eigenvalue weighted by atomic mass is 16.5. The van der Waals surface area contributed by atoms with Gasteiger partial charge in [0, 0.05) is 18.6 Å². The van der Waals surface area contributed by atoms with Gasteiger partial charge in [-0.1, -0.05) is 33.1 Å². The van der Waals surface area contributed by atoms with E-state index in [0.717, 1.165) is 32.2 Å². The van der Waals surface area contributed by atoms with Crippen molar-refractivity contribution in [3.63, 3.8) is 0 Å². The van der Waals surface area contributed by atoms with E-state index in [1.54, 1.807) is 0 Å². The molecule has 15 heavy (non-hydrogen) atoms. The van der Waals surface area contributed by atoms with Crippen molar-refractivity contribution in [3.05, 3.63) is 0 Å². The molecule has 0 unspecified atom stereocenters. The lowest BCUT2D eigenvalue weighted by Crippen LogP contribution is -2.57. The number of hydrogen-bond donors (Lipinski definition) is 0. The highest BCUT2D eigenvalue weighted by Gasteiger charge is 2.40. The van der Waals surface area contributed by atoms with Crippen LogP contribution in [0.15, 0.2) is 0 Å². The monoisotopic (exact) mass is 211 g/mol. The molecule has 1 aliphatic heterocycles. The highest BCUT2D eigenvalue weighted by molar-refractivity contribution is 4.96. The predicted octanol–water partition coefficient (Wildman–Crippen LogP) is 2.68. The van der Waals surface area contributed by atoms with Gasteiger partial charge in [-0.05, 0) is 18.8 Å². The summed E-state index contributed by atoms with van der Waals surface area (Å²) in [6.45, 7) is 8.99. The number of morpholine rings is 1. The minimum absolute atomic E-state index is 0.502. The van der Waals surface area contributed by atoms with Gasteiger partial charge in [0.05, 0.1) is 13.2 Å². The number of rotatable bonds is 2. The van der Waals surface area contributed by atoms with Gasteiger partial charge in [0.1, 0.15) is 0 Å². The largest absolute Gasteiger partial charge is 0.379 e. The fourth-order valence-electron chi connectivity index (χ4n) is 3.43. The molecule has 0 bridgehead atoms. The first-order valence-electron chi connectivity index (χ1n) is 6.58. The summed E-state index contributed by atoms with van der Waals surface area (Å²) in [7, 11) is 0. The van der Waals surface area contributed by atoms with Gasteiger partial charge in [-0.2, -0.15) is 0 Å². The Morgan fingerprint density at radius 3 is 2.13 bits per heavy atom. The molecule has 0 aromatic heterocycles. The fourth-order valence-corrected chi connectivity index (χ4v) is 3.43. The van der Waals surface area contributed by atoms with Crippen molar-refractivity contribution >= 4 is 0 Å². The van der Waals surface area contributed by atoms with Crippen LogP contribution in [0.4, 0.5) is 0 Å². The Hall–Kier alpha value is -0.0800. The van der Waals surface area contributed by atoms with Crippen molar-refractivity contribution in [1.82, 2.24) is 4.90 Å². The summed E-state index contributed by atoms with van der Waals surface area (Å²) in [6.07, 6.45) is 7.11. The molecule has 2 aliphatic rings. The molecule has 0 radical (unpaired) electrons. The first-order valence-corrected chi connectivity index (χ1v) is 6.58. The summed E-state index contributed by atoms with van der Waals surface area (Å²) in [6, 6.07) is 0. The Bertz CT molecular complexity index is 191. The lowest BCUT2D eigenvalue weighted by molar-refractivity contribution is -0.0577. The fraction of sp³-hybridized carbons (Fsp3) is 1.00. The minimum Gasteiger partial charge on any atom is -0.379 e. The third-order valence-electron chi connectivity index (χ3n) is 4.43. The average Bonchev–Trinajstić information content (AvgIpc) is 2.31. The molecule has 1 saturated heterocycles. The molecule has 1 saturated carbocycles. The Labute approximate surface area is 94.0 Å². The van der Waals surface area contributed by atoms with E-state index in [0.29, 0.717) is 5.54 Å². The highest BCUT2D eigenvalue weighted by Crippen LogP contribution is 2.39. The Balaban J connectivity index is 2.09. The van der Waals surface area contributed by atoms with Crippen molar-refractivity contribution < 1.29 is 4.74 Å². The van der Waals surface area contributed by atoms with Gasteiger partial charge in [0.2, 0.25) is 0 Å². The quantitative estimate of drug-likeness (QED) is 0.696. The molecule has 1 aliphatic carbocycles. The maximum Gasteiger partial charge on any atom is 0.0594 e. The average molecular weight is 211 g/mol. The van der Waals surface area contributed by atoms with E-state index in [1.165, 1.54) is 32.1 Å². The van der Waals surface area contributed by atoms with Gasteiger partial charge in [-0.3, -0.25) is 4.90 Å². The van der Waals surface area contributed by atoms with Crippen molar-refractivity contribution in [2.45, 2.75) is 51.5 Å². The van der Waals surface area contributed by atoms with Crippen molar-refractivity contribution in [3.8, 4) is 0 Å². The molecule has 2 heteroatoms. The Morgan fingerprint density at radius 1 is 1.00 bits per heavy atom. The van der Waals surface area contributed by atoms with E-state index >= 15 is 0 Å². The molecule has 2 rings (SSSR count). The second-order valence-corrected chi connectivity index (χ2v) is 5.42. The zero-order valence-corrected chi connectivity index (χ0v) is 10.3. The summed E-state index contributed by atoms with van der Waals surface area (Å²) in [5.41, 5.74) is 0.502. The van der Waals surface area contributed by atoms with Crippen LogP contribution in [0, 0.1) is 5.92 Å². The van der Waals surface area contributed by atoms with Gasteiger partial charge < -0.3 is 4.74 Å². The zero-order chi connectivity index (χ0) is 10.7. The van der Waals surface area contributed by atoms with Crippen LogP contribution in [-0.2, 0) is 4.74 Å². The third kappa shape index (κ3) is 2.21. The molecule has 0 N–H and O–H groups in total. The van der Waals surface area contributed by atoms with Crippen LogP contribution < -0.4 is 0 Å². The standard InChI is InChI=1S/C13H25NO/c1-12(2)13(6-4-3-5-7-13)14-8-10-15-11-9-14/h12H,3-11H2,1-2H3. The topological polar surface area (TPSA) is 12.5 Å². The van der Waals surface area contributed by atoms with E-state index in [-0.39, 0.29) is 0 Å². The molecular formula is C13H25NO. The van der Waals surface area contributed by atoms with E-state index in [4.69, 9.17) is 4.74 Å². The van der Waals surface area contributed by atoms with Gasteiger partial charge in [0.25, 0.3) is 0 Å². The van der Waals surface area contributed by atoms with E-state index in [9.17, 15) is 0 Å². The zero-order valence-electron chi connectivity index (χ0n) is 10.3. The third-order valence-corrected chi connectivity index (χ3v) is 4.43. The second-order valence-electron chi connectivity index (χ2n) is 5.42. The van der Waals surface area contributed by atoms with Crippen LogP contribution in [0.25, 0.3) is 0 Å². The molecule has 2 fully saturated rings. The van der Waals surface area contributed by atoms with E-state index in [2.05, 4.69) is 18.7 Å². The van der Waals surface area contributed by atoms with Crippen molar-refractivity contribution in [2.75, 3.05) is 26.3 Å². The number of ether oxygens (including phenoxy) is 1. The lowest BCUT2D eigenvalue weighted by Gasteiger charge is -2.51. The lowest BCUT2D eigenvalue weighted by atomic mass is 9.72. The first kappa shape index (κ1) is 11.4. The van der Waals surface area contributed by atoms with Crippen LogP contribution in [0.1, 0.15) is 46.0 Å². The second kappa shape index (κ2) is 4.84. The summed E-state index contributed by atoms with van der Waals surface area (Å²) in [5, 5.41) is 0. The normalized spacial score (nSPS) is 28.2. The van der Waals surface area contributed by atoms with Crippen LogP contribution >= 0.6 is 0 Å². The maximum atomic E-state index is 5.47. The van der Waals surface area contributed by atoms with Gasteiger partial charge in [0.15, 0.2) is 0 Å². The summed E-state index contributed by atoms with van der Waals surface area (Å²) < 4.78 is 5.47. The predicted molar refractivity (Wildman–Crippen MR) is 63.0 cm³/mol. The number of nitrogens with zero attached hydrogens (tertiary/aromatic N) is 1. The van der Waals surface area contributed by atoms with Crippen LogP contribution in [0.5, 0.6) is 0 Å². The van der Waals surface area contributed by atoms with E-state index in [1.807, 2.05) is 0 Å². The van der Waals surface area contributed by atoms with Crippen LogP contribution in [0.3, 0.4) is 0 Å². The minimum atomic E-state index is 0.502. The van der Waals surface area contributed by atoms with Crippen molar-refractivity contribution in [2.24, 2.45) is 5.92 Å². The SMILES string of the molecule is CC(C)C1(N2CCOCC2)CCCCC1. The van der Waals surface area contributed by atoms with Crippen LogP contribution in [-0.4, -0.2) is 36.7 Å². The number of hydrogen-bond acceptors (Lipinski definition) is 2. The van der Waals surface area contributed by atoms with Crippen molar-refractivity contribution in [1.29, 1.82) is 0 Å². The Morgan fingerprint density at radius 2 is 1.60 bits per heavy atom. The van der Waals surface area contributed by atoms with Gasteiger partial charge in [-0.25, -0.2) is 0 Å².